The number of nitriles is 1. The average Bonchev–Trinajstić information content (AvgIpc) is 3.94. The molecule has 54 heavy (non-hydrogen) atoms. The molecule has 0 N–H and O–H groups in total. The van der Waals surface area contributed by atoms with Crippen LogP contribution in [0, 0.1) is 41.8 Å². The van der Waals surface area contributed by atoms with Crippen LogP contribution in [0.4, 0.5) is 22.8 Å². The van der Waals surface area contributed by atoms with E-state index in [0.717, 1.165) is 0 Å². The van der Waals surface area contributed by atoms with Crippen LogP contribution in [-0.4, -0.2) is 69.3 Å². The van der Waals surface area contributed by atoms with E-state index in [1.165, 1.54) is 7.11 Å². The Hall–Kier alpha value is -4.21. The Morgan fingerprint density at radius 2 is 1.87 bits per heavy atom. The normalized spacial score (nSPS) is 25.9. The minimum atomic E-state index is -2.58. The quantitative estimate of drug-likeness (QED) is 0.193. The molecular weight excluding hydrogens is 742 g/mol. The maximum Gasteiger partial charge on any atom is 0.410 e. The van der Waals surface area contributed by atoms with Crippen LogP contribution < -0.4 is 0 Å². The fourth-order valence-corrected chi connectivity index (χ4v) is 10.2. The smallest absolute Gasteiger partial charge is 0.410 e. The Morgan fingerprint density at radius 1 is 1.11 bits per heavy atom. The second-order valence-corrected chi connectivity index (χ2v) is 16.9. The molecule has 0 unspecified atom stereocenters. The van der Waals surface area contributed by atoms with Crippen LogP contribution in [0.3, 0.4) is 0 Å². The van der Waals surface area contributed by atoms with E-state index in [2.05, 4.69) is 10.6 Å². The van der Waals surface area contributed by atoms with Crippen molar-refractivity contribution in [3.05, 3.63) is 63.1 Å². The molecule has 2 aromatic heterocycles. The first-order valence-corrected chi connectivity index (χ1v) is 19.0. The van der Waals surface area contributed by atoms with E-state index >= 15 is 4.39 Å². The molecular formula is C40H40Cl2F3N5O4. The summed E-state index contributed by atoms with van der Waals surface area (Å²) in [6.07, 6.45) is -2.08. The number of fused-ring (bicyclic) bond motifs is 6. The van der Waals surface area contributed by atoms with Crippen LogP contribution in [0.1, 0.15) is 75.5 Å². The van der Waals surface area contributed by atoms with Crippen molar-refractivity contribution < 1.29 is 32.2 Å². The van der Waals surface area contributed by atoms with Crippen molar-refractivity contribution in [1.82, 2.24) is 19.4 Å². The topological polar surface area (TPSA) is 101 Å². The molecule has 5 heterocycles. The molecule has 7 atom stereocenters. The van der Waals surface area contributed by atoms with E-state index in [1.807, 2.05) is 32.9 Å². The number of benzene rings is 2. The van der Waals surface area contributed by atoms with Gasteiger partial charge in [-0.1, -0.05) is 35.3 Å². The van der Waals surface area contributed by atoms with E-state index in [-0.39, 0.29) is 58.4 Å². The van der Waals surface area contributed by atoms with Gasteiger partial charge in [0.1, 0.15) is 11.1 Å². The summed E-state index contributed by atoms with van der Waals surface area (Å²) in [6.45, 7) is 7.61. The molecule has 14 heteroatoms. The van der Waals surface area contributed by atoms with E-state index in [0.29, 0.717) is 58.2 Å². The highest BCUT2D eigenvalue weighted by Crippen LogP contribution is 2.59. The number of aryl methyl sites for hydroxylation is 2. The molecule has 5 fully saturated rings. The molecule has 9 rings (SSSR count). The number of aromatic nitrogens is 2. The van der Waals surface area contributed by atoms with Crippen molar-refractivity contribution in [2.24, 2.45) is 17.8 Å². The number of alkyl halides is 2. The summed E-state index contributed by atoms with van der Waals surface area (Å²) in [7, 11) is 1.28. The summed E-state index contributed by atoms with van der Waals surface area (Å²) in [5.41, 5.74) is 2.17. The van der Waals surface area contributed by atoms with E-state index in [1.54, 1.807) is 34.9 Å². The maximum absolute atomic E-state index is 17.3. The van der Waals surface area contributed by atoms with Crippen molar-refractivity contribution in [1.29, 1.82) is 5.26 Å². The van der Waals surface area contributed by atoms with Gasteiger partial charge in [-0.25, -0.2) is 27.7 Å². The van der Waals surface area contributed by atoms with Crippen molar-refractivity contribution in [2.45, 2.75) is 96.0 Å². The monoisotopic (exact) mass is 781 g/mol. The number of ether oxygens (including phenoxy) is 2. The number of rotatable bonds is 6. The number of hydrogen-bond donors (Lipinski definition) is 0. The lowest BCUT2D eigenvalue weighted by Crippen LogP contribution is -2.47. The largest absolute Gasteiger partial charge is 0.453 e. The third-order valence-electron chi connectivity index (χ3n) is 12.0. The Bertz CT molecular complexity index is 2270. The molecule has 3 saturated heterocycles. The Labute approximate surface area is 320 Å². The van der Waals surface area contributed by atoms with Crippen molar-refractivity contribution >= 4 is 57.2 Å². The highest BCUT2D eigenvalue weighted by Gasteiger charge is 2.60. The summed E-state index contributed by atoms with van der Waals surface area (Å²) in [4.78, 5) is 35.2. The van der Waals surface area contributed by atoms with Crippen LogP contribution in [0.5, 0.6) is 0 Å². The van der Waals surface area contributed by atoms with Gasteiger partial charge in [0.2, 0.25) is 6.43 Å². The lowest BCUT2D eigenvalue weighted by molar-refractivity contribution is -0.000145. The van der Waals surface area contributed by atoms with Gasteiger partial charge in [0, 0.05) is 64.1 Å². The summed E-state index contributed by atoms with van der Waals surface area (Å²) in [5, 5.41) is 11.2. The van der Waals surface area contributed by atoms with E-state index in [9.17, 15) is 23.6 Å². The zero-order chi connectivity index (χ0) is 38.5. The highest BCUT2D eigenvalue weighted by atomic mass is 35.5. The first-order valence-electron chi connectivity index (χ1n) is 18.3. The summed E-state index contributed by atoms with van der Waals surface area (Å²) in [5.74, 6) is -2.15. The first-order chi connectivity index (χ1) is 25.6. The second-order valence-electron chi connectivity index (χ2n) is 16.1. The fraction of sp³-hybridized carbons (Fsp3) is 0.500. The zero-order valence-corrected chi connectivity index (χ0v) is 32.0. The van der Waals surface area contributed by atoms with E-state index in [4.69, 9.17) is 37.7 Å². The van der Waals surface area contributed by atoms with Crippen molar-refractivity contribution in [2.75, 3.05) is 13.7 Å². The minimum Gasteiger partial charge on any atom is -0.453 e. The maximum atomic E-state index is 17.3. The van der Waals surface area contributed by atoms with Gasteiger partial charge in [0.25, 0.3) is 0 Å². The molecule has 2 amide bonds. The molecule has 0 radical (unpaired) electrons. The summed E-state index contributed by atoms with van der Waals surface area (Å²) in [6, 6.07) is 9.04. The van der Waals surface area contributed by atoms with Crippen LogP contribution in [-0.2, 0) is 15.9 Å². The Kier molecular flexibility index (Phi) is 9.00. The number of carbonyl (C=O) groups excluding carboxylic acids is 2. The van der Waals surface area contributed by atoms with Crippen molar-refractivity contribution in [3.8, 4) is 17.2 Å². The highest BCUT2D eigenvalue weighted by molar-refractivity contribution is 6.43. The number of likely N-dealkylation sites (tertiary alicyclic amines) is 1. The van der Waals surface area contributed by atoms with Crippen LogP contribution in [0.15, 0.2) is 30.3 Å². The number of methoxy groups -OCH3 is 1. The predicted molar refractivity (Wildman–Crippen MR) is 198 cm³/mol. The van der Waals surface area contributed by atoms with E-state index < -0.39 is 53.9 Å². The lowest BCUT2D eigenvalue weighted by atomic mass is 9.78. The zero-order valence-electron chi connectivity index (χ0n) is 30.5. The number of amides is 2. The summed E-state index contributed by atoms with van der Waals surface area (Å²) >= 11 is 13.1. The second kappa shape index (κ2) is 13.2. The number of pyridine rings is 1. The van der Waals surface area contributed by atoms with Crippen LogP contribution in [0.2, 0.25) is 10.0 Å². The number of carbonyl (C=O) groups is 2. The molecule has 9 nitrogen and oxygen atoms in total. The standard InChI is InChI=1S/C40H40Cl2F3N5O4/c1-18-23-16-29(36-24-14-21(15-25(24)37(44)45)49(36)39(52)53-5)50(34-20-13-28(34)48(17-20)38(51)54-40(2,3)4)35(23)26-12-19(8-7-11-46)30(32(43)33(26)47-18)22-9-6-10-27(41)31(22)42/h6,9-10,12,16,20-21,24-25,28,34,36-37H,7-8,13-15,17H2,1-5H3/t20-,21-,24+,25+,28-,34+,36-/m1/s1. The molecule has 284 valence electrons. The number of hydrogen-bond acceptors (Lipinski definition) is 6. The molecule has 0 spiro atoms. The number of nitrogens with zero attached hydrogens (tertiary/aromatic N) is 5. The van der Waals surface area contributed by atoms with Gasteiger partial charge >= 0.3 is 12.2 Å². The molecule has 3 aliphatic heterocycles. The summed E-state index contributed by atoms with van der Waals surface area (Å²) < 4.78 is 59.7. The lowest BCUT2D eigenvalue weighted by Gasteiger charge is -2.43. The number of halogens is 5. The predicted octanol–water partition coefficient (Wildman–Crippen LogP) is 10.0. The van der Waals surface area contributed by atoms with Gasteiger partial charge in [-0.2, -0.15) is 5.26 Å². The number of piperidine rings is 1. The molecule has 2 aliphatic carbocycles. The van der Waals surface area contributed by atoms with Crippen LogP contribution >= 0.6 is 23.2 Å². The molecule has 2 saturated carbocycles. The van der Waals surface area contributed by atoms with Gasteiger partial charge < -0.3 is 18.9 Å². The molecule has 4 bridgehead atoms. The van der Waals surface area contributed by atoms with Gasteiger partial charge in [0.05, 0.1) is 46.9 Å². The van der Waals surface area contributed by atoms with Gasteiger partial charge in [-0.05, 0) is 83.1 Å². The average molecular weight is 783 g/mol. The Balaban J connectivity index is 1.41. The SMILES string of the molecule is COC(=O)N1[C@@H]2C[C@@H]([C@@H](C(F)F)C2)[C@@H]1c1cc2c(C)nc3c(F)c(-c4cccc(Cl)c4Cl)c(CCC#N)cc3c2n1[C@H]1[C@@H]2C[C@H]1N(C(=O)OC(C)(C)C)C2. The minimum absolute atomic E-state index is 0.0242. The van der Waals surface area contributed by atoms with Gasteiger partial charge in [-0.3, -0.25) is 4.90 Å². The van der Waals surface area contributed by atoms with Crippen molar-refractivity contribution in [3.63, 3.8) is 0 Å². The fourth-order valence-electron chi connectivity index (χ4n) is 9.85. The first kappa shape index (κ1) is 36.8. The molecule has 2 aromatic carbocycles. The third-order valence-corrected chi connectivity index (χ3v) is 12.8. The van der Waals surface area contributed by atoms with Gasteiger partial charge in [-0.15, -0.1) is 0 Å². The van der Waals surface area contributed by atoms with Crippen LogP contribution in [0.25, 0.3) is 32.9 Å². The molecule has 5 aliphatic rings. The third kappa shape index (κ3) is 5.59. The Morgan fingerprint density at radius 3 is 2.56 bits per heavy atom. The van der Waals surface area contributed by atoms with Gasteiger partial charge in [0.15, 0.2) is 5.82 Å². The molecule has 4 aromatic rings.